The third-order valence-electron chi connectivity index (χ3n) is 3.70. The minimum atomic E-state index is 0.253. The zero-order chi connectivity index (χ0) is 13.8. The molecule has 1 fully saturated rings. The molecule has 1 amide bonds. The first kappa shape index (κ1) is 13.8. The van der Waals surface area contributed by atoms with Crippen molar-refractivity contribution in [2.45, 2.75) is 33.1 Å². The molecule has 4 nitrogen and oxygen atoms in total. The number of rotatable bonds is 3. The average molecular weight is 261 g/mol. The fourth-order valence-electron chi connectivity index (χ4n) is 2.33. The van der Waals surface area contributed by atoms with Gasteiger partial charge >= 0.3 is 0 Å². The van der Waals surface area contributed by atoms with E-state index < -0.39 is 0 Å². The highest BCUT2D eigenvalue weighted by Crippen LogP contribution is 2.18. The second kappa shape index (κ2) is 6.04. The van der Waals surface area contributed by atoms with Crippen LogP contribution >= 0.6 is 0 Å². The molecule has 0 unspecified atom stereocenters. The molecule has 2 rings (SSSR count). The summed E-state index contributed by atoms with van der Waals surface area (Å²) in [5.41, 5.74) is 1.27. The molecule has 0 N–H and O–H groups in total. The molecule has 1 aliphatic heterocycles. The molecule has 1 aromatic heterocycles. The van der Waals surface area contributed by atoms with Crippen molar-refractivity contribution in [3.05, 3.63) is 23.9 Å². The first-order chi connectivity index (χ1) is 9.11. The maximum atomic E-state index is 11.6. The lowest BCUT2D eigenvalue weighted by Gasteiger charge is -2.35. The van der Waals surface area contributed by atoms with E-state index in [2.05, 4.69) is 35.9 Å². The maximum Gasteiger partial charge on any atom is 0.222 e. The summed E-state index contributed by atoms with van der Waals surface area (Å²) < 4.78 is 0. The van der Waals surface area contributed by atoms with E-state index in [-0.39, 0.29) is 5.91 Å². The Balaban J connectivity index is 1.96. The van der Waals surface area contributed by atoms with Crippen LogP contribution in [-0.2, 0) is 4.79 Å². The van der Waals surface area contributed by atoms with E-state index in [1.165, 1.54) is 5.56 Å². The SMILES string of the molecule is CCC(=O)N1CCN(c2ccc(C(C)C)cn2)CC1. The van der Waals surface area contributed by atoms with Gasteiger partial charge in [0.25, 0.3) is 0 Å². The molecule has 19 heavy (non-hydrogen) atoms. The highest BCUT2D eigenvalue weighted by Gasteiger charge is 2.20. The Labute approximate surface area is 115 Å². The van der Waals surface area contributed by atoms with Crippen molar-refractivity contribution >= 4 is 11.7 Å². The zero-order valence-electron chi connectivity index (χ0n) is 12.1. The van der Waals surface area contributed by atoms with Crippen LogP contribution in [0.2, 0.25) is 0 Å². The van der Waals surface area contributed by atoms with Crippen LogP contribution in [0.1, 0.15) is 38.7 Å². The minimum absolute atomic E-state index is 0.253. The van der Waals surface area contributed by atoms with E-state index in [0.717, 1.165) is 32.0 Å². The Kier molecular flexibility index (Phi) is 4.40. The summed E-state index contributed by atoms with van der Waals surface area (Å²) in [6.07, 6.45) is 2.56. The van der Waals surface area contributed by atoms with Crippen LogP contribution in [0, 0.1) is 0 Å². The third kappa shape index (κ3) is 3.25. The largest absolute Gasteiger partial charge is 0.353 e. The summed E-state index contributed by atoms with van der Waals surface area (Å²) in [6, 6.07) is 4.24. The van der Waals surface area contributed by atoms with Gasteiger partial charge in [0.2, 0.25) is 5.91 Å². The molecule has 0 saturated carbocycles. The van der Waals surface area contributed by atoms with Crippen molar-refractivity contribution in [1.29, 1.82) is 0 Å². The van der Waals surface area contributed by atoms with Crippen LogP contribution in [0.5, 0.6) is 0 Å². The van der Waals surface area contributed by atoms with Crippen molar-refractivity contribution in [2.24, 2.45) is 0 Å². The van der Waals surface area contributed by atoms with Crippen LogP contribution in [0.15, 0.2) is 18.3 Å². The summed E-state index contributed by atoms with van der Waals surface area (Å²) in [7, 11) is 0. The molecule has 0 bridgehead atoms. The van der Waals surface area contributed by atoms with Gasteiger partial charge in [0, 0.05) is 38.8 Å². The Morgan fingerprint density at radius 2 is 1.95 bits per heavy atom. The molecule has 0 radical (unpaired) electrons. The van der Waals surface area contributed by atoms with Gasteiger partial charge in [0.1, 0.15) is 5.82 Å². The van der Waals surface area contributed by atoms with Crippen LogP contribution < -0.4 is 4.90 Å². The highest BCUT2D eigenvalue weighted by molar-refractivity contribution is 5.76. The number of piperazine rings is 1. The number of carbonyl (C=O) groups excluding carboxylic acids is 1. The van der Waals surface area contributed by atoms with E-state index >= 15 is 0 Å². The summed E-state index contributed by atoms with van der Waals surface area (Å²) in [5.74, 6) is 1.79. The number of aromatic nitrogens is 1. The van der Waals surface area contributed by atoms with Gasteiger partial charge in [-0.05, 0) is 17.5 Å². The molecule has 1 aliphatic rings. The van der Waals surface area contributed by atoms with Crippen molar-refractivity contribution in [1.82, 2.24) is 9.88 Å². The lowest BCUT2D eigenvalue weighted by Crippen LogP contribution is -2.48. The van der Waals surface area contributed by atoms with Crippen LogP contribution in [0.25, 0.3) is 0 Å². The maximum absolute atomic E-state index is 11.6. The lowest BCUT2D eigenvalue weighted by molar-refractivity contribution is -0.131. The summed E-state index contributed by atoms with van der Waals surface area (Å²) in [5, 5.41) is 0. The minimum Gasteiger partial charge on any atom is -0.353 e. The van der Waals surface area contributed by atoms with Gasteiger partial charge in [0.15, 0.2) is 0 Å². The molecule has 1 aromatic rings. The zero-order valence-corrected chi connectivity index (χ0v) is 12.1. The van der Waals surface area contributed by atoms with E-state index in [0.29, 0.717) is 12.3 Å². The predicted molar refractivity (Wildman–Crippen MR) is 77.4 cm³/mol. The van der Waals surface area contributed by atoms with Crippen LogP contribution in [0.4, 0.5) is 5.82 Å². The number of hydrogen-bond acceptors (Lipinski definition) is 3. The quantitative estimate of drug-likeness (QED) is 0.837. The number of hydrogen-bond donors (Lipinski definition) is 0. The van der Waals surface area contributed by atoms with Gasteiger partial charge in [-0.15, -0.1) is 0 Å². The Morgan fingerprint density at radius 3 is 2.42 bits per heavy atom. The fourth-order valence-corrected chi connectivity index (χ4v) is 2.33. The average Bonchev–Trinajstić information content (AvgIpc) is 2.46. The van der Waals surface area contributed by atoms with E-state index in [9.17, 15) is 4.79 Å². The Bertz CT molecular complexity index is 420. The molecule has 0 aliphatic carbocycles. The predicted octanol–water partition coefficient (Wildman–Crippen LogP) is 2.26. The summed E-state index contributed by atoms with van der Waals surface area (Å²) in [4.78, 5) is 20.4. The monoisotopic (exact) mass is 261 g/mol. The second-order valence-corrected chi connectivity index (χ2v) is 5.33. The van der Waals surface area contributed by atoms with Gasteiger partial charge in [-0.25, -0.2) is 4.98 Å². The van der Waals surface area contributed by atoms with Gasteiger partial charge in [0.05, 0.1) is 0 Å². The van der Waals surface area contributed by atoms with Gasteiger partial charge < -0.3 is 9.80 Å². The Hall–Kier alpha value is -1.58. The molecule has 0 aromatic carbocycles. The first-order valence-corrected chi connectivity index (χ1v) is 7.10. The fraction of sp³-hybridized carbons (Fsp3) is 0.600. The smallest absolute Gasteiger partial charge is 0.222 e. The molecule has 1 saturated heterocycles. The van der Waals surface area contributed by atoms with Crippen molar-refractivity contribution in [2.75, 3.05) is 31.1 Å². The molecular weight excluding hydrogens is 238 g/mol. The highest BCUT2D eigenvalue weighted by atomic mass is 16.2. The van der Waals surface area contributed by atoms with Crippen LogP contribution in [0.3, 0.4) is 0 Å². The second-order valence-electron chi connectivity index (χ2n) is 5.33. The molecule has 0 spiro atoms. The van der Waals surface area contributed by atoms with Gasteiger partial charge in [-0.2, -0.15) is 0 Å². The molecule has 104 valence electrons. The number of nitrogens with zero attached hydrogens (tertiary/aromatic N) is 3. The number of anilines is 1. The third-order valence-corrected chi connectivity index (χ3v) is 3.70. The lowest BCUT2D eigenvalue weighted by atomic mass is 10.1. The summed E-state index contributed by atoms with van der Waals surface area (Å²) in [6.45, 7) is 9.62. The van der Waals surface area contributed by atoms with Gasteiger partial charge in [-0.3, -0.25) is 4.79 Å². The molecular formula is C15H23N3O. The summed E-state index contributed by atoms with van der Waals surface area (Å²) >= 11 is 0. The van der Waals surface area contributed by atoms with Crippen molar-refractivity contribution in [3.63, 3.8) is 0 Å². The molecule has 0 atom stereocenters. The molecule has 2 heterocycles. The van der Waals surface area contributed by atoms with E-state index in [1.54, 1.807) is 0 Å². The van der Waals surface area contributed by atoms with E-state index in [1.807, 2.05) is 18.0 Å². The number of carbonyl (C=O) groups is 1. The van der Waals surface area contributed by atoms with Crippen LogP contribution in [-0.4, -0.2) is 42.0 Å². The molecule has 4 heteroatoms. The Morgan fingerprint density at radius 1 is 1.26 bits per heavy atom. The van der Waals surface area contributed by atoms with Crippen molar-refractivity contribution < 1.29 is 4.79 Å². The standard InChI is InChI=1S/C15H23N3O/c1-4-15(19)18-9-7-17(8-10-18)14-6-5-13(11-16-14)12(2)3/h5-6,11-12H,4,7-10H2,1-3H3. The van der Waals surface area contributed by atoms with Crippen molar-refractivity contribution in [3.8, 4) is 0 Å². The first-order valence-electron chi connectivity index (χ1n) is 7.10. The number of amides is 1. The van der Waals surface area contributed by atoms with E-state index in [4.69, 9.17) is 0 Å². The van der Waals surface area contributed by atoms with Gasteiger partial charge in [-0.1, -0.05) is 26.8 Å². The normalized spacial score (nSPS) is 16.0. The topological polar surface area (TPSA) is 36.4 Å². The number of pyridine rings is 1.